The first-order valence-electron chi connectivity index (χ1n) is 5.77. The van der Waals surface area contributed by atoms with Crippen molar-refractivity contribution in [1.82, 2.24) is 0 Å². The highest BCUT2D eigenvalue weighted by Crippen LogP contribution is 2.29. The van der Waals surface area contributed by atoms with Crippen molar-refractivity contribution in [2.75, 3.05) is 0 Å². The fraction of sp³-hybridized carbons (Fsp3) is 0.133. The molecule has 0 N–H and O–H groups in total. The molecule has 0 bridgehead atoms. The molecule has 1 aromatic heterocycles. The molecule has 2 aromatic rings. The number of halogens is 3. The van der Waals surface area contributed by atoms with E-state index in [4.69, 9.17) is 0 Å². The van der Waals surface area contributed by atoms with E-state index >= 15 is 0 Å². The Kier molecular flexibility index (Phi) is 3.69. The predicted molar refractivity (Wildman–Crippen MR) is 68.0 cm³/mol. The average Bonchev–Trinajstić information content (AvgIpc) is 2.37. The Balaban J connectivity index is 2.27. The van der Waals surface area contributed by atoms with Crippen molar-refractivity contribution in [2.24, 2.45) is 7.05 Å². The summed E-state index contributed by atoms with van der Waals surface area (Å²) in [5, 5.41) is 0. The van der Waals surface area contributed by atoms with Gasteiger partial charge in [-0.25, -0.2) is 4.57 Å². The number of aromatic nitrogens is 1. The Hall–Kier alpha value is -2.10. The van der Waals surface area contributed by atoms with Gasteiger partial charge in [-0.2, -0.15) is 13.2 Å². The summed E-state index contributed by atoms with van der Waals surface area (Å²) in [6.07, 6.45) is 1.03. The summed E-state index contributed by atoms with van der Waals surface area (Å²) in [7, 11) is 1.88. The number of nitrogens with zero attached hydrogens (tertiary/aromatic N) is 1. The van der Waals surface area contributed by atoms with Crippen LogP contribution in [-0.2, 0) is 13.2 Å². The van der Waals surface area contributed by atoms with Crippen LogP contribution in [0.15, 0.2) is 48.7 Å². The van der Waals surface area contributed by atoms with E-state index in [-0.39, 0.29) is 0 Å². The lowest BCUT2D eigenvalue weighted by Crippen LogP contribution is -2.30. The molecule has 1 nitrogen and oxygen atoms in total. The molecule has 0 fully saturated rings. The van der Waals surface area contributed by atoms with Gasteiger partial charge >= 0.3 is 6.18 Å². The third kappa shape index (κ3) is 3.44. The summed E-state index contributed by atoms with van der Waals surface area (Å²) >= 11 is 0. The lowest BCUT2D eigenvalue weighted by atomic mass is 10.1. The van der Waals surface area contributed by atoms with Crippen LogP contribution < -0.4 is 4.57 Å². The van der Waals surface area contributed by atoms with E-state index in [0.29, 0.717) is 5.56 Å². The number of hydrogen-bond donors (Lipinski definition) is 0. The van der Waals surface area contributed by atoms with Gasteiger partial charge in [0.05, 0.1) is 5.56 Å². The van der Waals surface area contributed by atoms with Crippen LogP contribution in [0.3, 0.4) is 0 Å². The molecule has 0 atom stereocenters. The molecular formula is C15H13F3N+. The highest BCUT2D eigenvalue weighted by molar-refractivity contribution is 5.67. The summed E-state index contributed by atoms with van der Waals surface area (Å²) in [5.41, 5.74) is 0.811. The molecule has 0 radical (unpaired) electrons. The maximum Gasteiger partial charge on any atom is 0.416 e. The third-order valence-electron chi connectivity index (χ3n) is 2.76. The SMILES string of the molecule is C[n+]1ccccc1/C=C/c1cccc(C(F)(F)F)c1. The summed E-state index contributed by atoms with van der Waals surface area (Å²) < 4.78 is 39.6. The van der Waals surface area contributed by atoms with Gasteiger partial charge in [-0.3, -0.25) is 0 Å². The molecule has 98 valence electrons. The minimum absolute atomic E-state index is 0.527. The number of aryl methyl sites for hydroxylation is 1. The van der Waals surface area contributed by atoms with Gasteiger partial charge in [0.25, 0.3) is 0 Å². The second-order valence-electron chi connectivity index (χ2n) is 4.19. The van der Waals surface area contributed by atoms with Crippen LogP contribution in [-0.4, -0.2) is 0 Å². The molecule has 1 heterocycles. The van der Waals surface area contributed by atoms with E-state index < -0.39 is 11.7 Å². The lowest BCUT2D eigenvalue weighted by molar-refractivity contribution is -0.673. The zero-order chi connectivity index (χ0) is 13.9. The van der Waals surface area contributed by atoms with Gasteiger partial charge in [0.2, 0.25) is 5.69 Å². The fourth-order valence-electron chi connectivity index (χ4n) is 1.71. The fourth-order valence-corrected chi connectivity index (χ4v) is 1.71. The van der Waals surface area contributed by atoms with E-state index in [1.807, 2.05) is 36.0 Å². The van der Waals surface area contributed by atoms with Gasteiger partial charge in [0.15, 0.2) is 6.20 Å². The Morgan fingerprint density at radius 2 is 1.79 bits per heavy atom. The number of rotatable bonds is 2. The van der Waals surface area contributed by atoms with Crippen molar-refractivity contribution in [1.29, 1.82) is 0 Å². The van der Waals surface area contributed by atoms with Gasteiger partial charge in [-0.05, 0) is 29.8 Å². The zero-order valence-electron chi connectivity index (χ0n) is 10.4. The van der Waals surface area contributed by atoms with Crippen molar-refractivity contribution in [2.45, 2.75) is 6.18 Å². The van der Waals surface area contributed by atoms with Gasteiger partial charge < -0.3 is 0 Å². The minimum atomic E-state index is -4.30. The van der Waals surface area contributed by atoms with Crippen molar-refractivity contribution >= 4 is 12.2 Å². The molecule has 19 heavy (non-hydrogen) atoms. The molecule has 1 aromatic carbocycles. The summed E-state index contributed by atoms with van der Waals surface area (Å²) in [6, 6.07) is 10.9. The molecular weight excluding hydrogens is 251 g/mol. The Labute approximate surface area is 109 Å². The topological polar surface area (TPSA) is 3.88 Å². The van der Waals surface area contributed by atoms with Gasteiger partial charge in [-0.1, -0.05) is 12.1 Å². The average molecular weight is 264 g/mol. The zero-order valence-corrected chi connectivity index (χ0v) is 10.4. The largest absolute Gasteiger partial charge is 0.416 e. The van der Waals surface area contributed by atoms with Crippen LogP contribution in [0.2, 0.25) is 0 Å². The molecule has 0 unspecified atom stereocenters. The van der Waals surface area contributed by atoms with Gasteiger partial charge in [0, 0.05) is 18.2 Å². The van der Waals surface area contributed by atoms with Crippen molar-refractivity contribution in [3.63, 3.8) is 0 Å². The van der Waals surface area contributed by atoms with Crippen LogP contribution in [0.5, 0.6) is 0 Å². The first-order chi connectivity index (χ1) is 8.97. The number of alkyl halides is 3. The number of benzene rings is 1. The van der Waals surface area contributed by atoms with Gasteiger partial charge in [-0.15, -0.1) is 0 Å². The standard InChI is InChI=1S/C15H13F3N/c1-19-10-3-2-7-14(19)9-8-12-5-4-6-13(11-12)15(16,17)18/h2-11H,1H3/q+1/b9-8+. The molecule has 0 aliphatic rings. The Morgan fingerprint density at radius 1 is 1.00 bits per heavy atom. The van der Waals surface area contributed by atoms with Gasteiger partial charge in [0.1, 0.15) is 7.05 Å². The van der Waals surface area contributed by atoms with Crippen LogP contribution in [0, 0.1) is 0 Å². The molecule has 0 spiro atoms. The molecule has 0 aliphatic heterocycles. The number of pyridine rings is 1. The van der Waals surface area contributed by atoms with E-state index in [1.165, 1.54) is 6.07 Å². The first kappa shape index (κ1) is 13.3. The van der Waals surface area contributed by atoms with E-state index in [2.05, 4.69) is 0 Å². The van der Waals surface area contributed by atoms with Crippen molar-refractivity contribution < 1.29 is 17.7 Å². The molecule has 4 heteroatoms. The molecule has 0 aliphatic carbocycles. The summed E-state index contributed by atoms with van der Waals surface area (Å²) in [4.78, 5) is 0. The Bertz CT molecular complexity index is 600. The lowest BCUT2D eigenvalue weighted by Gasteiger charge is -2.06. The second kappa shape index (κ2) is 5.26. The van der Waals surface area contributed by atoms with E-state index in [1.54, 1.807) is 18.2 Å². The monoisotopic (exact) mass is 264 g/mol. The van der Waals surface area contributed by atoms with Crippen LogP contribution in [0.1, 0.15) is 16.8 Å². The highest BCUT2D eigenvalue weighted by atomic mass is 19.4. The predicted octanol–water partition coefficient (Wildman–Crippen LogP) is 3.70. The highest BCUT2D eigenvalue weighted by Gasteiger charge is 2.30. The van der Waals surface area contributed by atoms with Crippen LogP contribution >= 0.6 is 0 Å². The summed E-state index contributed by atoms with van der Waals surface area (Å²) in [6.45, 7) is 0. The first-order valence-corrected chi connectivity index (χ1v) is 5.77. The maximum atomic E-state index is 12.6. The molecule has 0 amide bonds. The molecule has 2 rings (SSSR count). The van der Waals surface area contributed by atoms with Crippen molar-refractivity contribution in [3.05, 3.63) is 65.5 Å². The minimum Gasteiger partial charge on any atom is -0.202 e. The molecule has 0 saturated carbocycles. The quantitative estimate of drug-likeness (QED) is 0.728. The van der Waals surface area contributed by atoms with Crippen molar-refractivity contribution in [3.8, 4) is 0 Å². The second-order valence-corrected chi connectivity index (χ2v) is 4.19. The van der Waals surface area contributed by atoms with E-state index in [0.717, 1.165) is 17.8 Å². The Morgan fingerprint density at radius 3 is 2.47 bits per heavy atom. The molecule has 0 saturated heterocycles. The summed E-state index contributed by atoms with van der Waals surface area (Å²) in [5.74, 6) is 0. The number of hydrogen-bond acceptors (Lipinski definition) is 0. The van der Waals surface area contributed by atoms with Crippen LogP contribution in [0.4, 0.5) is 13.2 Å². The van der Waals surface area contributed by atoms with E-state index in [9.17, 15) is 13.2 Å². The normalized spacial score (nSPS) is 12.0. The third-order valence-corrected chi connectivity index (χ3v) is 2.76. The van der Waals surface area contributed by atoms with Crippen LogP contribution in [0.25, 0.3) is 12.2 Å². The smallest absolute Gasteiger partial charge is 0.202 e. The maximum absolute atomic E-state index is 12.6.